The standard InChI is InChI=1S/C14H18O5S/c1-10(8-14(15)16)20(17,18)9-13-12-5-3-2-4-11(12)6-7-19-13/h2-5,10,13H,6-9H2,1H3,(H,15,16). The molecule has 0 fully saturated rings. The topological polar surface area (TPSA) is 80.7 Å². The number of ether oxygens (including phenoxy) is 1. The van der Waals surface area contributed by atoms with Gasteiger partial charge < -0.3 is 9.84 Å². The van der Waals surface area contributed by atoms with E-state index in [2.05, 4.69) is 0 Å². The lowest BCUT2D eigenvalue weighted by Gasteiger charge is -2.26. The van der Waals surface area contributed by atoms with Gasteiger partial charge in [-0.25, -0.2) is 8.42 Å². The summed E-state index contributed by atoms with van der Waals surface area (Å²) in [6.45, 7) is 1.92. The summed E-state index contributed by atoms with van der Waals surface area (Å²) in [7, 11) is -3.50. The molecule has 0 amide bonds. The normalized spacial score (nSPS) is 20.1. The highest BCUT2D eigenvalue weighted by molar-refractivity contribution is 7.92. The van der Waals surface area contributed by atoms with Gasteiger partial charge in [0.15, 0.2) is 9.84 Å². The highest BCUT2D eigenvalue weighted by Gasteiger charge is 2.30. The van der Waals surface area contributed by atoms with Gasteiger partial charge in [0.2, 0.25) is 0 Å². The van der Waals surface area contributed by atoms with Crippen LogP contribution < -0.4 is 0 Å². The maximum atomic E-state index is 12.2. The van der Waals surface area contributed by atoms with Gasteiger partial charge in [-0.3, -0.25) is 4.79 Å². The van der Waals surface area contributed by atoms with E-state index in [4.69, 9.17) is 9.84 Å². The quantitative estimate of drug-likeness (QED) is 0.892. The number of aliphatic carboxylic acids is 1. The number of benzene rings is 1. The maximum Gasteiger partial charge on any atom is 0.304 e. The van der Waals surface area contributed by atoms with Crippen LogP contribution in [-0.2, 0) is 25.8 Å². The van der Waals surface area contributed by atoms with Crippen LogP contribution in [-0.4, -0.2) is 37.1 Å². The number of carbonyl (C=O) groups is 1. The fraction of sp³-hybridized carbons (Fsp3) is 0.500. The molecule has 1 aliphatic heterocycles. The smallest absolute Gasteiger partial charge is 0.304 e. The minimum atomic E-state index is -3.50. The van der Waals surface area contributed by atoms with E-state index in [-0.39, 0.29) is 12.2 Å². The lowest BCUT2D eigenvalue weighted by Crippen LogP contribution is -2.30. The Labute approximate surface area is 118 Å². The van der Waals surface area contributed by atoms with Crippen molar-refractivity contribution in [3.05, 3.63) is 35.4 Å². The molecule has 0 spiro atoms. The van der Waals surface area contributed by atoms with Crippen LogP contribution in [0.3, 0.4) is 0 Å². The van der Waals surface area contributed by atoms with Crippen molar-refractivity contribution in [1.29, 1.82) is 0 Å². The maximum absolute atomic E-state index is 12.2. The fourth-order valence-corrected chi connectivity index (χ4v) is 3.79. The van der Waals surface area contributed by atoms with Gasteiger partial charge in [-0.1, -0.05) is 24.3 Å². The van der Waals surface area contributed by atoms with Crippen LogP contribution in [0, 0.1) is 0 Å². The lowest BCUT2D eigenvalue weighted by atomic mass is 9.99. The number of rotatable bonds is 5. The van der Waals surface area contributed by atoms with E-state index in [1.165, 1.54) is 6.92 Å². The second-order valence-electron chi connectivity index (χ2n) is 5.05. The van der Waals surface area contributed by atoms with Gasteiger partial charge in [0.05, 0.1) is 30.1 Å². The number of carboxylic acid groups (broad SMARTS) is 1. The fourth-order valence-electron chi connectivity index (χ4n) is 2.36. The zero-order valence-electron chi connectivity index (χ0n) is 11.3. The summed E-state index contributed by atoms with van der Waals surface area (Å²) < 4.78 is 30.0. The Morgan fingerprint density at radius 1 is 1.45 bits per heavy atom. The predicted molar refractivity (Wildman–Crippen MR) is 74.3 cm³/mol. The Hall–Kier alpha value is -1.40. The summed E-state index contributed by atoms with van der Waals surface area (Å²) >= 11 is 0. The second-order valence-corrected chi connectivity index (χ2v) is 7.51. The first-order valence-corrected chi connectivity index (χ1v) is 8.24. The van der Waals surface area contributed by atoms with Crippen LogP contribution in [0.4, 0.5) is 0 Å². The van der Waals surface area contributed by atoms with Gasteiger partial charge in [-0.2, -0.15) is 0 Å². The highest BCUT2D eigenvalue weighted by atomic mass is 32.2. The van der Waals surface area contributed by atoms with Gasteiger partial charge in [-0.15, -0.1) is 0 Å². The van der Waals surface area contributed by atoms with Crippen molar-refractivity contribution in [1.82, 2.24) is 0 Å². The summed E-state index contributed by atoms with van der Waals surface area (Å²) in [5.41, 5.74) is 2.00. The van der Waals surface area contributed by atoms with Crippen molar-refractivity contribution in [2.75, 3.05) is 12.4 Å². The number of hydrogen-bond acceptors (Lipinski definition) is 4. The zero-order chi connectivity index (χ0) is 14.8. The number of fused-ring (bicyclic) bond motifs is 1. The molecule has 2 rings (SSSR count). The van der Waals surface area contributed by atoms with Crippen molar-refractivity contribution in [2.45, 2.75) is 31.1 Å². The predicted octanol–water partition coefficient (Wildman–Crippen LogP) is 1.58. The van der Waals surface area contributed by atoms with Crippen LogP contribution in [0.2, 0.25) is 0 Å². The van der Waals surface area contributed by atoms with Crippen molar-refractivity contribution < 1.29 is 23.1 Å². The molecule has 2 unspecified atom stereocenters. The zero-order valence-corrected chi connectivity index (χ0v) is 12.1. The van der Waals surface area contributed by atoms with Crippen molar-refractivity contribution in [2.24, 2.45) is 0 Å². The van der Waals surface area contributed by atoms with E-state index in [0.717, 1.165) is 17.5 Å². The molecule has 2 atom stereocenters. The first-order chi connectivity index (χ1) is 9.40. The monoisotopic (exact) mass is 298 g/mol. The largest absolute Gasteiger partial charge is 0.481 e. The van der Waals surface area contributed by atoms with Crippen molar-refractivity contribution >= 4 is 15.8 Å². The van der Waals surface area contributed by atoms with Gasteiger partial charge in [0.1, 0.15) is 0 Å². The molecule has 20 heavy (non-hydrogen) atoms. The minimum Gasteiger partial charge on any atom is -0.481 e. The Morgan fingerprint density at radius 3 is 2.85 bits per heavy atom. The van der Waals surface area contributed by atoms with Crippen LogP contribution in [0.5, 0.6) is 0 Å². The molecule has 1 N–H and O–H groups in total. The van der Waals surface area contributed by atoms with E-state index in [1.807, 2.05) is 24.3 Å². The van der Waals surface area contributed by atoms with E-state index in [0.29, 0.717) is 6.61 Å². The third kappa shape index (κ3) is 3.37. The van der Waals surface area contributed by atoms with Crippen molar-refractivity contribution in [3.63, 3.8) is 0 Å². The molecular weight excluding hydrogens is 280 g/mol. The summed E-state index contributed by atoms with van der Waals surface area (Å²) in [5, 5.41) is 7.81. The molecule has 0 bridgehead atoms. The van der Waals surface area contributed by atoms with Gasteiger partial charge in [0.25, 0.3) is 0 Å². The molecule has 6 heteroatoms. The number of sulfone groups is 1. The molecule has 0 aromatic heterocycles. The summed E-state index contributed by atoms with van der Waals surface area (Å²) in [5.74, 6) is -1.27. The Bertz CT molecular complexity index is 593. The molecule has 0 saturated heterocycles. The Morgan fingerprint density at radius 2 is 2.15 bits per heavy atom. The molecular formula is C14H18O5S. The number of carboxylic acids is 1. The highest BCUT2D eigenvalue weighted by Crippen LogP contribution is 2.29. The summed E-state index contributed by atoms with van der Waals surface area (Å²) in [6.07, 6.45) is -0.102. The molecule has 1 heterocycles. The van der Waals surface area contributed by atoms with Crippen LogP contribution >= 0.6 is 0 Å². The molecule has 1 aromatic carbocycles. The van der Waals surface area contributed by atoms with E-state index in [1.54, 1.807) is 0 Å². The molecule has 5 nitrogen and oxygen atoms in total. The summed E-state index contributed by atoms with van der Waals surface area (Å²) in [6, 6.07) is 7.62. The van der Waals surface area contributed by atoms with Gasteiger partial charge in [-0.05, 0) is 24.5 Å². The summed E-state index contributed by atoms with van der Waals surface area (Å²) in [4.78, 5) is 10.7. The van der Waals surface area contributed by atoms with Gasteiger partial charge >= 0.3 is 5.97 Å². The average molecular weight is 298 g/mol. The third-order valence-corrected chi connectivity index (χ3v) is 5.71. The van der Waals surface area contributed by atoms with E-state index < -0.39 is 27.2 Å². The first kappa shape index (κ1) is 15.0. The SMILES string of the molecule is CC(CC(=O)O)S(=O)(=O)CC1OCCc2ccccc21. The second kappa shape index (κ2) is 5.93. The molecule has 0 saturated carbocycles. The van der Waals surface area contributed by atoms with Crippen molar-refractivity contribution in [3.8, 4) is 0 Å². The lowest BCUT2D eigenvalue weighted by molar-refractivity contribution is -0.136. The van der Waals surface area contributed by atoms with E-state index in [9.17, 15) is 13.2 Å². The van der Waals surface area contributed by atoms with E-state index >= 15 is 0 Å². The third-order valence-electron chi connectivity index (χ3n) is 3.55. The first-order valence-electron chi connectivity index (χ1n) is 6.53. The molecule has 1 aliphatic rings. The molecule has 0 radical (unpaired) electrons. The van der Waals surface area contributed by atoms with Crippen LogP contribution in [0.25, 0.3) is 0 Å². The Balaban J connectivity index is 2.17. The molecule has 0 aliphatic carbocycles. The Kier molecular flexibility index (Phi) is 4.45. The minimum absolute atomic E-state index is 0.168. The van der Waals surface area contributed by atoms with Gasteiger partial charge in [0, 0.05) is 0 Å². The molecule has 1 aromatic rings. The molecule has 110 valence electrons. The average Bonchev–Trinajstić information content (AvgIpc) is 2.38. The van der Waals surface area contributed by atoms with Crippen LogP contribution in [0.15, 0.2) is 24.3 Å². The number of hydrogen-bond donors (Lipinski definition) is 1. The van der Waals surface area contributed by atoms with Crippen LogP contribution in [0.1, 0.15) is 30.6 Å².